The summed E-state index contributed by atoms with van der Waals surface area (Å²) in [5, 5.41) is 9.62. The van der Waals surface area contributed by atoms with Crippen LogP contribution in [0.5, 0.6) is 0 Å². The van der Waals surface area contributed by atoms with Crippen LogP contribution in [0.4, 0.5) is 17.1 Å². The Kier molecular flexibility index (Phi) is 5.78. The summed E-state index contributed by atoms with van der Waals surface area (Å²) in [6.07, 6.45) is 0. The van der Waals surface area contributed by atoms with Gasteiger partial charge in [0.15, 0.2) is 0 Å². The second-order valence-corrected chi connectivity index (χ2v) is 13.2. The minimum Gasteiger partial charge on any atom is -0.455 e. The summed E-state index contributed by atoms with van der Waals surface area (Å²) in [6.45, 7) is 0. The van der Waals surface area contributed by atoms with Gasteiger partial charge >= 0.3 is 0 Å². The number of thiophene rings is 1. The van der Waals surface area contributed by atoms with Gasteiger partial charge in [0.05, 0.1) is 5.69 Å². The van der Waals surface area contributed by atoms with Crippen LogP contribution in [-0.4, -0.2) is 0 Å². The molecular weight excluding hydrogens is 591 g/mol. The summed E-state index contributed by atoms with van der Waals surface area (Å²) in [4.78, 5) is 2.40. The Bertz CT molecular complexity index is 2790. The first kappa shape index (κ1) is 26.3. The molecule has 0 aliphatic rings. The van der Waals surface area contributed by atoms with Gasteiger partial charge in [-0.05, 0) is 81.9 Å². The molecule has 3 heteroatoms. The van der Waals surface area contributed by atoms with E-state index in [0.29, 0.717) is 0 Å². The third-order valence-corrected chi connectivity index (χ3v) is 10.6. The molecule has 0 bridgehead atoms. The second kappa shape index (κ2) is 10.3. The maximum atomic E-state index is 6.72. The van der Waals surface area contributed by atoms with E-state index >= 15 is 0 Å². The lowest BCUT2D eigenvalue weighted by Gasteiger charge is -2.27. The first-order valence-corrected chi connectivity index (χ1v) is 16.7. The number of benzene rings is 8. The van der Waals surface area contributed by atoms with Crippen LogP contribution in [0.3, 0.4) is 0 Å². The molecule has 0 N–H and O–H groups in total. The van der Waals surface area contributed by atoms with Gasteiger partial charge < -0.3 is 9.32 Å². The SMILES string of the molecule is c1ccc(-c2ccc(N(c3ccc4sc5ccc6c(oc7ccc8ccccc8c76)c5c4c3)c3cccc4ccccc34)cc2)cc1. The zero-order valence-electron chi connectivity index (χ0n) is 25.4. The van der Waals surface area contributed by atoms with E-state index in [1.54, 1.807) is 0 Å². The van der Waals surface area contributed by atoms with Crippen LogP contribution in [0.25, 0.3) is 74.8 Å². The lowest BCUT2D eigenvalue weighted by molar-refractivity contribution is 0.673. The third-order valence-electron chi connectivity index (χ3n) is 9.44. The summed E-state index contributed by atoms with van der Waals surface area (Å²) < 4.78 is 9.20. The van der Waals surface area contributed by atoms with E-state index in [0.717, 1.165) is 33.6 Å². The molecule has 10 rings (SSSR count). The summed E-state index contributed by atoms with van der Waals surface area (Å²) in [5.41, 5.74) is 7.67. The number of anilines is 3. The average Bonchev–Trinajstić information content (AvgIpc) is 3.71. The molecule has 0 atom stereocenters. The molecular formula is C44H27NOS. The normalized spacial score (nSPS) is 11.8. The maximum Gasteiger partial charge on any atom is 0.144 e. The molecule has 0 amide bonds. The zero-order chi connectivity index (χ0) is 30.9. The summed E-state index contributed by atoms with van der Waals surface area (Å²) in [7, 11) is 0. The van der Waals surface area contributed by atoms with E-state index in [9.17, 15) is 0 Å². The lowest BCUT2D eigenvalue weighted by Crippen LogP contribution is -2.10. The molecule has 2 nitrogen and oxygen atoms in total. The third kappa shape index (κ3) is 4.10. The highest BCUT2D eigenvalue weighted by Crippen LogP contribution is 2.46. The largest absolute Gasteiger partial charge is 0.455 e. The minimum atomic E-state index is 0.928. The Morgan fingerprint density at radius 1 is 0.426 bits per heavy atom. The number of rotatable bonds is 4. The first-order valence-electron chi connectivity index (χ1n) is 15.9. The number of hydrogen-bond acceptors (Lipinski definition) is 3. The minimum absolute atomic E-state index is 0.928. The summed E-state index contributed by atoms with van der Waals surface area (Å²) >= 11 is 1.83. The van der Waals surface area contributed by atoms with Gasteiger partial charge in [-0.1, -0.05) is 109 Å². The van der Waals surface area contributed by atoms with E-state index in [2.05, 4.69) is 169 Å². The Hall–Kier alpha value is -5.90. The van der Waals surface area contributed by atoms with Crippen molar-refractivity contribution in [2.75, 3.05) is 4.90 Å². The molecule has 0 saturated carbocycles. The molecule has 2 heterocycles. The fraction of sp³-hybridized carbons (Fsp3) is 0. The highest BCUT2D eigenvalue weighted by Gasteiger charge is 2.20. The van der Waals surface area contributed by atoms with Crippen molar-refractivity contribution in [1.82, 2.24) is 0 Å². The van der Waals surface area contributed by atoms with Crippen molar-refractivity contribution in [3.63, 3.8) is 0 Å². The van der Waals surface area contributed by atoms with Crippen molar-refractivity contribution in [3.05, 3.63) is 164 Å². The van der Waals surface area contributed by atoms with E-state index in [4.69, 9.17) is 4.42 Å². The average molecular weight is 618 g/mol. The van der Waals surface area contributed by atoms with Crippen LogP contribution in [0, 0.1) is 0 Å². The number of furan rings is 1. The molecule has 0 radical (unpaired) electrons. The van der Waals surface area contributed by atoms with Gasteiger partial charge in [0.1, 0.15) is 11.2 Å². The van der Waals surface area contributed by atoms with Gasteiger partial charge in [0.25, 0.3) is 0 Å². The first-order chi connectivity index (χ1) is 23.3. The molecule has 47 heavy (non-hydrogen) atoms. The topological polar surface area (TPSA) is 16.4 Å². The Balaban J connectivity index is 1.22. The summed E-state index contributed by atoms with van der Waals surface area (Å²) in [5.74, 6) is 0. The van der Waals surface area contributed by atoms with Crippen molar-refractivity contribution in [3.8, 4) is 11.1 Å². The Labute approximate surface area is 275 Å². The van der Waals surface area contributed by atoms with Crippen LogP contribution < -0.4 is 4.90 Å². The Morgan fingerprint density at radius 3 is 1.96 bits per heavy atom. The number of fused-ring (bicyclic) bond motifs is 10. The molecule has 2 aromatic heterocycles. The quantitative estimate of drug-likeness (QED) is 0.195. The van der Waals surface area contributed by atoms with Crippen molar-refractivity contribution in [2.45, 2.75) is 0 Å². The van der Waals surface area contributed by atoms with Crippen LogP contribution >= 0.6 is 11.3 Å². The zero-order valence-corrected chi connectivity index (χ0v) is 26.2. The van der Waals surface area contributed by atoms with Gasteiger partial charge in [-0.25, -0.2) is 0 Å². The van der Waals surface area contributed by atoms with Gasteiger partial charge in [0.2, 0.25) is 0 Å². The lowest BCUT2D eigenvalue weighted by atomic mass is 10.0. The molecule has 0 saturated heterocycles. The predicted octanol–water partition coefficient (Wildman–Crippen LogP) is 13.4. The molecule has 8 aromatic carbocycles. The van der Waals surface area contributed by atoms with Gasteiger partial charge in [-0.3, -0.25) is 0 Å². The predicted molar refractivity (Wildman–Crippen MR) is 202 cm³/mol. The standard InChI is InChI=1S/C44H27NOS/c1-2-9-28(10-3-1)29-17-20-32(21-18-29)45(38-16-8-13-30-11-4-6-14-34(30)38)33-22-25-40-37(27-33)43-41(47-40)26-23-36-42-35-15-7-5-12-31(35)19-24-39(42)46-44(36)43/h1-27H. The van der Waals surface area contributed by atoms with Crippen LogP contribution in [0.1, 0.15) is 0 Å². The molecule has 0 unspecified atom stereocenters. The molecule has 220 valence electrons. The number of nitrogens with zero attached hydrogens (tertiary/aromatic N) is 1. The fourth-order valence-corrected chi connectivity index (χ4v) is 8.34. The molecule has 0 aliphatic carbocycles. The molecule has 0 spiro atoms. The smallest absolute Gasteiger partial charge is 0.144 e. The van der Waals surface area contributed by atoms with Crippen LogP contribution in [0.15, 0.2) is 168 Å². The molecule has 0 fully saturated rings. The van der Waals surface area contributed by atoms with Crippen molar-refractivity contribution >= 4 is 92.1 Å². The monoisotopic (exact) mass is 617 g/mol. The van der Waals surface area contributed by atoms with Crippen molar-refractivity contribution in [1.29, 1.82) is 0 Å². The van der Waals surface area contributed by atoms with Gasteiger partial charge in [-0.15, -0.1) is 11.3 Å². The highest BCUT2D eigenvalue weighted by atomic mass is 32.1. The fourth-order valence-electron chi connectivity index (χ4n) is 7.26. The van der Waals surface area contributed by atoms with Crippen molar-refractivity contribution < 1.29 is 4.42 Å². The second-order valence-electron chi connectivity index (χ2n) is 12.1. The van der Waals surface area contributed by atoms with Gasteiger partial charge in [-0.2, -0.15) is 0 Å². The van der Waals surface area contributed by atoms with E-state index in [1.165, 1.54) is 58.2 Å². The summed E-state index contributed by atoms with van der Waals surface area (Å²) in [6, 6.07) is 59.0. The Morgan fingerprint density at radius 2 is 1.11 bits per heavy atom. The van der Waals surface area contributed by atoms with Crippen LogP contribution in [0.2, 0.25) is 0 Å². The highest BCUT2D eigenvalue weighted by molar-refractivity contribution is 7.26. The van der Waals surface area contributed by atoms with E-state index in [-0.39, 0.29) is 0 Å². The molecule has 0 aliphatic heterocycles. The van der Waals surface area contributed by atoms with Crippen LogP contribution in [-0.2, 0) is 0 Å². The van der Waals surface area contributed by atoms with Gasteiger partial charge in [0, 0.05) is 47.7 Å². The molecule has 10 aromatic rings. The maximum absolute atomic E-state index is 6.72. The van der Waals surface area contributed by atoms with Crippen molar-refractivity contribution in [2.24, 2.45) is 0 Å². The van der Waals surface area contributed by atoms with E-state index < -0.39 is 0 Å². The number of hydrogen-bond donors (Lipinski definition) is 0. The van der Waals surface area contributed by atoms with E-state index in [1.807, 2.05) is 11.3 Å².